The fraction of sp³-hybridized carbons (Fsp3) is 0.923. The third-order valence-corrected chi connectivity index (χ3v) is 3.00. The molecule has 0 saturated heterocycles. The Labute approximate surface area is 106 Å². The van der Waals surface area contributed by atoms with E-state index in [1.54, 1.807) is 0 Å². The largest absolute Gasteiger partial charge is 0.355 e. The van der Waals surface area contributed by atoms with Crippen LogP contribution < -0.4 is 11.1 Å². The van der Waals surface area contributed by atoms with E-state index in [-0.39, 0.29) is 18.0 Å². The molecule has 3 N–H and O–H groups in total. The van der Waals surface area contributed by atoms with Crippen LogP contribution in [0.1, 0.15) is 40.5 Å². The molecule has 17 heavy (non-hydrogen) atoms. The zero-order chi connectivity index (χ0) is 13.4. The topological polar surface area (TPSA) is 58.4 Å². The first-order chi connectivity index (χ1) is 7.84. The molecule has 0 spiro atoms. The van der Waals surface area contributed by atoms with Gasteiger partial charge in [0.2, 0.25) is 5.91 Å². The molecule has 0 saturated carbocycles. The highest BCUT2D eigenvalue weighted by Gasteiger charge is 2.17. The van der Waals surface area contributed by atoms with Crippen molar-refractivity contribution in [2.45, 2.75) is 52.6 Å². The van der Waals surface area contributed by atoms with Crippen molar-refractivity contribution in [1.29, 1.82) is 0 Å². The molecule has 0 aromatic heterocycles. The monoisotopic (exact) mass is 243 g/mol. The summed E-state index contributed by atoms with van der Waals surface area (Å²) in [6.45, 7) is 9.86. The van der Waals surface area contributed by atoms with E-state index in [0.29, 0.717) is 5.92 Å². The Bertz CT molecular complexity index is 217. The summed E-state index contributed by atoms with van der Waals surface area (Å²) in [6.07, 6.45) is 1.95. The highest BCUT2D eigenvalue weighted by molar-refractivity contribution is 5.81. The molecule has 0 bridgehead atoms. The molecule has 0 fully saturated rings. The summed E-state index contributed by atoms with van der Waals surface area (Å²) in [5.74, 6) is 0.735. The van der Waals surface area contributed by atoms with E-state index in [2.05, 4.69) is 19.2 Å². The highest BCUT2D eigenvalue weighted by atomic mass is 16.2. The lowest BCUT2D eigenvalue weighted by Crippen LogP contribution is -2.44. The van der Waals surface area contributed by atoms with Gasteiger partial charge in [0.15, 0.2) is 0 Å². The molecule has 0 aromatic carbocycles. The van der Waals surface area contributed by atoms with Crippen molar-refractivity contribution in [3.63, 3.8) is 0 Å². The van der Waals surface area contributed by atoms with Crippen LogP contribution in [0.15, 0.2) is 0 Å². The van der Waals surface area contributed by atoms with Crippen molar-refractivity contribution in [3.05, 3.63) is 0 Å². The maximum Gasteiger partial charge on any atom is 0.237 e. The summed E-state index contributed by atoms with van der Waals surface area (Å²) in [5.41, 5.74) is 5.70. The van der Waals surface area contributed by atoms with Crippen molar-refractivity contribution in [1.82, 2.24) is 10.2 Å². The van der Waals surface area contributed by atoms with E-state index >= 15 is 0 Å². The van der Waals surface area contributed by atoms with Crippen molar-refractivity contribution >= 4 is 5.91 Å². The van der Waals surface area contributed by atoms with Gasteiger partial charge in [-0.15, -0.1) is 0 Å². The van der Waals surface area contributed by atoms with Crippen LogP contribution in [0.4, 0.5) is 0 Å². The molecule has 0 aliphatic heterocycles. The summed E-state index contributed by atoms with van der Waals surface area (Å²) < 4.78 is 0. The quantitative estimate of drug-likeness (QED) is 0.673. The number of likely N-dealkylation sites (N-methyl/N-ethyl adjacent to an activating group) is 1. The molecule has 4 nitrogen and oxygen atoms in total. The minimum absolute atomic E-state index is 0.0825. The first-order valence-electron chi connectivity index (χ1n) is 6.58. The van der Waals surface area contributed by atoms with Gasteiger partial charge in [0.05, 0.1) is 6.04 Å². The smallest absolute Gasteiger partial charge is 0.237 e. The van der Waals surface area contributed by atoms with Crippen LogP contribution in [0, 0.1) is 5.92 Å². The van der Waals surface area contributed by atoms with E-state index in [0.717, 1.165) is 25.9 Å². The van der Waals surface area contributed by atoms with Gasteiger partial charge in [0.25, 0.3) is 0 Å². The van der Waals surface area contributed by atoms with Crippen molar-refractivity contribution < 1.29 is 4.79 Å². The molecule has 2 atom stereocenters. The number of hydrogen-bond donors (Lipinski definition) is 2. The number of nitrogens with two attached hydrogens (primary N) is 1. The number of nitrogens with zero attached hydrogens (tertiary/aromatic N) is 1. The van der Waals surface area contributed by atoms with Gasteiger partial charge in [0.1, 0.15) is 0 Å². The summed E-state index contributed by atoms with van der Waals surface area (Å²) in [5, 5.41) is 2.97. The second kappa shape index (κ2) is 8.48. The van der Waals surface area contributed by atoms with E-state index in [9.17, 15) is 4.79 Å². The zero-order valence-electron chi connectivity index (χ0n) is 12.0. The zero-order valence-corrected chi connectivity index (χ0v) is 12.0. The second-order valence-corrected chi connectivity index (χ2v) is 5.40. The number of carbonyl (C=O) groups excluding carboxylic acids is 1. The van der Waals surface area contributed by atoms with Crippen LogP contribution in [0.2, 0.25) is 0 Å². The van der Waals surface area contributed by atoms with Crippen LogP contribution >= 0.6 is 0 Å². The first-order valence-corrected chi connectivity index (χ1v) is 6.58. The Balaban J connectivity index is 3.86. The Morgan fingerprint density at radius 1 is 1.24 bits per heavy atom. The lowest BCUT2D eigenvalue weighted by molar-refractivity contribution is -0.125. The second-order valence-electron chi connectivity index (χ2n) is 5.40. The Hall–Kier alpha value is -0.610. The third-order valence-electron chi connectivity index (χ3n) is 3.00. The highest BCUT2D eigenvalue weighted by Crippen LogP contribution is 2.00. The number of nitrogens with one attached hydrogen (secondary N) is 1. The van der Waals surface area contributed by atoms with E-state index in [1.165, 1.54) is 0 Å². The lowest BCUT2D eigenvalue weighted by atomic mass is 10.1. The number of rotatable bonds is 8. The van der Waals surface area contributed by atoms with Gasteiger partial charge >= 0.3 is 0 Å². The average molecular weight is 243 g/mol. The normalized spacial score (nSPS) is 15.1. The van der Waals surface area contributed by atoms with Crippen LogP contribution in [-0.2, 0) is 4.79 Å². The molecular weight excluding hydrogens is 214 g/mol. The Morgan fingerprint density at radius 3 is 2.29 bits per heavy atom. The molecule has 0 radical (unpaired) electrons. The van der Waals surface area contributed by atoms with Gasteiger partial charge in [-0.3, -0.25) is 9.69 Å². The minimum atomic E-state index is -0.0825. The third kappa shape index (κ3) is 8.16. The summed E-state index contributed by atoms with van der Waals surface area (Å²) in [4.78, 5) is 13.9. The fourth-order valence-corrected chi connectivity index (χ4v) is 1.43. The van der Waals surface area contributed by atoms with Crippen LogP contribution in [0.5, 0.6) is 0 Å². The number of amides is 1. The maximum atomic E-state index is 11.8. The van der Waals surface area contributed by atoms with Crippen molar-refractivity contribution in [3.8, 4) is 0 Å². The Kier molecular flexibility index (Phi) is 8.17. The minimum Gasteiger partial charge on any atom is -0.355 e. The molecule has 2 unspecified atom stereocenters. The Morgan fingerprint density at radius 2 is 1.82 bits per heavy atom. The van der Waals surface area contributed by atoms with Gasteiger partial charge < -0.3 is 11.1 Å². The molecule has 0 aromatic rings. The first kappa shape index (κ1) is 16.4. The predicted octanol–water partition coefficient (Wildman–Crippen LogP) is 1.21. The van der Waals surface area contributed by atoms with Gasteiger partial charge in [-0.25, -0.2) is 0 Å². The van der Waals surface area contributed by atoms with Crippen molar-refractivity contribution in [2.75, 3.05) is 20.1 Å². The molecular formula is C13H29N3O. The van der Waals surface area contributed by atoms with Gasteiger partial charge in [-0.1, -0.05) is 13.8 Å². The van der Waals surface area contributed by atoms with Crippen LogP contribution in [0.3, 0.4) is 0 Å². The molecule has 102 valence electrons. The SMILES string of the molecule is CC(C)CCNC(=O)C(C)N(C)CCC(C)N. The molecule has 0 heterocycles. The van der Waals surface area contributed by atoms with Crippen LogP contribution in [-0.4, -0.2) is 43.0 Å². The summed E-state index contributed by atoms with van der Waals surface area (Å²) in [6, 6.07) is 0.106. The molecule has 1 amide bonds. The van der Waals surface area contributed by atoms with Gasteiger partial charge in [-0.2, -0.15) is 0 Å². The van der Waals surface area contributed by atoms with E-state index < -0.39 is 0 Å². The molecule has 0 rings (SSSR count). The standard InChI is InChI=1S/C13H29N3O/c1-10(2)6-8-15-13(17)12(4)16(5)9-7-11(3)14/h10-12H,6-9,14H2,1-5H3,(H,15,17). The van der Waals surface area contributed by atoms with Crippen LogP contribution in [0.25, 0.3) is 0 Å². The molecule has 0 aliphatic rings. The van der Waals surface area contributed by atoms with Gasteiger partial charge in [0, 0.05) is 19.1 Å². The van der Waals surface area contributed by atoms with E-state index in [4.69, 9.17) is 5.73 Å². The lowest BCUT2D eigenvalue weighted by Gasteiger charge is -2.24. The summed E-state index contributed by atoms with van der Waals surface area (Å²) in [7, 11) is 1.97. The fourth-order valence-electron chi connectivity index (χ4n) is 1.43. The molecule has 4 heteroatoms. The molecule has 0 aliphatic carbocycles. The number of hydrogen-bond acceptors (Lipinski definition) is 3. The summed E-state index contributed by atoms with van der Waals surface area (Å²) >= 11 is 0. The maximum absolute atomic E-state index is 11.8. The van der Waals surface area contributed by atoms with Gasteiger partial charge in [-0.05, 0) is 39.7 Å². The van der Waals surface area contributed by atoms with Crippen molar-refractivity contribution in [2.24, 2.45) is 11.7 Å². The van der Waals surface area contributed by atoms with E-state index in [1.807, 2.05) is 25.8 Å². The number of carbonyl (C=O) groups is 1. The predicted molar refractivity (Wildman–Crippen MR) is 72.8 cm³/mol. The average Bonchev–Trinajstić information content (AvgIpc) is 2.24.